The van der Waals surface area contributed by atoms with Crippen LogP contribution in [-0.2, 0) is 27.7 Å². The zero-order valence-corrected chi connectivity index (χ0v) is 20.5. The van der Waals surface area contributed by atoms with Crippen molar-refractivity contribution in [3.05, 3.63) is 59.2 Å². The number of amides is 2. The Labute approximate surface area is 206 Å². The lowest BCUT2D eigenvalue weighted by atomic mass is 9.92. The van der Waals surface area contributed by atoms with Gasteiger partial charge in [-0.1, -0.05) is 18.2 Å². The zero-order valence-electron chi connectivity index (χ0n) is 19.7. The average Bonchev–Trinajstić information content (AvgIpc) is 3.38. The smallest absolute Gasteiger partial charge is 0.258 e. The molecular weight excluding hydrogens is 466 g/mol. The van der Waals surface area contributed by atoms with Gasteiger partial charge in [0.25, 0.3) is 5.91 Å². The summed E-state index contributed by atoms with van der Waals surface area (Å²) in [6.45, 7) is 1.49. The van der Waals surface area contributed by atoms with Crippen LogP contribution in [-0.4, -0.2) is 78.2 Å². The monoisotopic (exact) mass is 497 g/mol. The molecule has 9 heteroatoms. The van der Waals surface area contributed by atoms with Crippen LogP contribution in [0.1, 0.15) is 47.2 Å². The molecule has 2 fully saturated rings. The maximum atomic E-state index is 13.3. The van der Waals surface area contributed by atoms with E-state index in [0.717, 1.165) is 31.2 Å². The molecule has 0 radical (unpaired) electrons. The number of carbonyl (C=O) groups excluding carboxylic acids is 2. The Bertz CT molecular complexity index is 1240. The number of fused-ring (bicyclic) bond motifs is 1. The van der Waals surface area contributed by atoms with Gasteiger partial charge in [-0.3, -0.25) is 9.59 Å². The molecule has 1 aliphatic carbocycles. The van der Waals surface area contributed by atoms with Crippen molar-refractivity contribution >= 4 is 21.8 Å². The summed E-state index contributed by atoms with van der Waals surface area (Å²) >= 11 is 0. The van der Waals surface area contributed by atoms with Crippen LogP contribution in [0.3, 0.4) is 0 Å². The lowest BCUT2D eigenvalue weighted by molar-refractivity contribution is -0.136. The molecule has 2 aliphatic heterocycles. The number of para-hydroxylation sites is 1. The van der Waals surface area contributed by atoms with Crippen LogP contribution in [0, 0.1) is 0 Å². The molecule has 2 saturated heterocycles. The number of hydrogen-bond acceptors (Lipinski definition) is 5. The Kier molecular flexibility index (Phi) is 6.55. The Morgan fingerprint density at radius 2 is 1.57 bits per heavy atom. The minimum atomic E-state index is -3.63. The number of rotatable bonds is 4. The number of phenols is 1. The third-order valence-corrected chi connectivity index (χ3v) is 9.34. The van der Waals surface area contributed by atoms with E-state index in [1.807, 2.05) is 12.1 Å². The molecule has 0 bridgehead atoms. The lowest BCUT2D eigenvalue weighted by Gasteiger charge is -2.37. The summed E-state index contributed by atoms with van der Waals surface area (Å²) in [5, 5.41) is 10.1. The van der Waals surface area contributed by atoms with Gasteiger partial charge in [0.05, 0.1) is 10.5 Å². The van der Waals surface area contributed by atoms with Crippen molar-refractivity contribution in [1.82, 2.24) is 14.1 Å². The number of benzene rings is 2. The predicted molar refractivity (Wildman–Crippen MR) is 131 cm³/mol. The highest BCUT2D eigenvalue weighted by atomic mass is 32.2. The van der Waals surface area contributed by atoms with Gasteiger partial charge in [0, 0.05) is 32.7 Å². The van der Waals surface area contributed by atoms with Gasteiger partial charge in [-0.15, -0.1) is 0 Å². The molecular formula is C26H31N3O5S. The van der Waals surface area contributed by atoms with Crippen LogP contribution in [0.2, 0.25) is 0 Å². The van der Waals surface area contributed by atoms with E-state index in [-0.39, 0.29) is 49.3 Å². The first-order chi connectivity index (χ1) is 16.9. The SMILES string of the molecule is O=C([C@H]1CCCN1C(=O)c1ccccc1O)N1CCN(S(=O)(=O)c2ccc3c(c2)CCCC3)CC1. The molecule has 2 amide bonds. The summed E-state index contributed by atoms with van der Waals surface area (Å²) in [5.41, 5.74) is 2.56. The van der Waals surface area contributed by atoms with Gasteiger partial charge >= 0.3 is 0 Å². The molecule has 8 nitrogen and oxygen atoms in total. The van der Waals surface area contributed by atoms with Gasteiger partial charge in [-0.25, -0.2) is 8.42 Å². The van der Waals surface area contributed by atoms with Crippen LogP contribution < -0.4 is 0 Å². The van der Waals surface area contributed by atoms with E-state index in [4.69, 9.17) is 0 Å². The van der Waals surface area contributed by atoms with Crippen molar-refractivity contribution in [1.29, 1.82) is 0 Å². The van der Waals surface area contributed by atoms with E-state index in [0.29, 0.717) is 24.3 Å². The number of sulfonamides is 1. The van der Waals surface area contributed by atoms with Crippen molar-refractivity contribution in [2.24, 2.45) is 0 Å². The highest BCUT2D eigenvalue weighted by Gasteiger charge is 2.39. The number of aryl methyl sites for hydroxylation is 2. The maximum Gasteiger partial charge on any atom is 0.258 e. The van der Waals surface area contributed by atoms with Crippen LogP contribution in [0.25, 0.3) is 0 Å². The minimum absolute atomic E-state index is 0.100. The second-order valence-corrected chi connectivity index (χ2v) is 11.5. The summed E-state index contributed by atoms with van der Waals surface area (Å²) in [4.78, 5) is 29.9. The fourth-order valence-corrected chi connectivity index (χ4v) is 6.93. The van der Waals surface area contributed by atoms with Gasteiger partial charge < -0.3 is 14.9 Å². The standard InChI is InChI=1S/C26H31N3O5S/c30-24-10-4-3-8-22(24)25(31)29-13-5-9-23(29)26(32)27-14-16-28(17-15-27)35(33,34)21-12-11-19-6-1-2-7-20(19)18-21/h3-4,8,10-12,18,23,30H,1-2,5-7,9,13-17H2/t23-/m1/s1. The number of aromatic hydroxyl groups is 1. The summed E-state index contributed by atoms with van der Waals surface area (Å²) < 4.78 is 28.0. The molecule has 186 valence electrons. The largest absolute Gasteiger partial charge is 0.507 e. The molecule has 1 N–H and O–H groups in total. The average molecular weight is 498 g/mol. The summed E-state index contributed by atoms with van der Waals surface area (Å²) in [6, 6.07) is 11.2. The third-order valence-electron chi connectivity index (χ3n) is 7.44. The number of piperazine rings is 1. The number of nitrogens with zero attached hydrogens (tertiary/aromatic N) is 3. The summed E-state index contributed by atoms with van der Waals surface area (Å²) in [5.74, 6) is -0.610. The van der Waals surface area contributed by atoms with Gasteiger partial charge in [-0.05, 0) is 73.9 Å². The van der Waals surface area contributed by atoms with E-state index < -0.39 is 16.1 Å². The third kappa shape index (κ3) is 4.54. The topological polar surface area (TPSA) is 98.2 Å². The lowest BCUT2D eigenvalue weighted by Crippen LogP contribution is -2.55. The molecule has 0 saturated carbocycles. The first kappa shape index (κ1) is 23.8. The van der Waals surface area contributed by atoms with Gasteiger partial charge in [0.2, 0.25) is 15.9 Å². The number of carbonyl (C=O) groups is 2. The van der Waals surface area contributed by atoms with Gasteiger partial charge in [0.15, 0.2) is 0 Å². The molecule has 2 aromatic rings. The highest BCUT2D eigenvalue weighted by Crippen LogP contribution is 2.28. The predicted octanol–water partition coefficient (Wildman–Crippen LogP) is 2.41. The van der Waals surface area contributed by atoms with Gasteiger partial charge in [-0.2, -0.15) is 4.31 Å². The normalized spacial score (nSPS) is 21.1. The molecule has 35 heavy (non-hydrogen) atoms. The molecule has 0 spiro atoms. The number of hydrogen-bond donors (Lipinski definition) is 1. The fourth-order valence-electron chi connectivity index (χ4n) is 5.45. The van der Waals surface area contributed by atoms with E-state index in [1.165, 1.54) is 20.8 Å². The van der Waals surface area contributed by atoms with E-state index in [9.17, 15) is 23.1 Å². The second kappa shape index (κ2) is 9.62. The first-order valence-corrected chi connectivity index (χ1v) is 13.8. The molecule has 1 atom stereocenters. The number of likely N-dealkylation sites (tertiary alicyclic amines) is 1. The Morgan fingerprint density at radius 3 is 2.31 bits per heavy atom. The van der Waals surface area contributed by atoms with Crippen LogP contribution in [0.15, 0.2) is 47.4 Å². The van der Waals surface area contributed by atoms with Gasteiger partial charge in [0.1, 0.15) is 11.8 Å². The Morgan fingerprint density at radius 1 is 0.857 bits per heavy atom. The maximum absolute atomic E-state index is 13.3. The Hall–Kier alpha value is -2.91. The zero-order chi connectivity index (χ0) is 24.6. The molecule has 0 unspecified atom stereocenters. The molecule has 2 aromatic carbocycles. The summed E-state index contributed by atoms with van der Waals surface area (Å²) in [7, 11) is -3.63. The van der Waals surface area contributed by atoms with Crippen LogP contribution >= 0.6 is 0 Å². The van der Waals surface area contributed by atoms with Crippen molar-refractivity contribution in [2.75, 3.05) is 32.7 Å². The van der Waals surface area contributed by atoms with E-state index in [1.54, 1.807) is 29.2 Å². The van der Waals surface area contributed by atoms with Crippen molar-refractivity contribution < 1.29 is 23.1 Å². The summed E-state index contributed by atoms with van der Waals surface area (Å²) in [6.07, 6.45) is 5.42. The van der Waals surface area contributed by atoms with Crippen LogP contribution in [0.4, 0.5) is 0 Å². The molecule has 3 aliphatic rings. The van der Waals surface area contributed by atoms with Crippen molar-refractivity contribution in [2.45, 2.75) is 49.5 Å². The van der Waals surface area contributed by atoms with E-state index >= 15 is 0 Å². The first-order valence-electron chi connectivity index (χ1n) is 12.4. The van der Waals surface area contributed by atoms with Crippen molar-refractivity contribution in [3.8, 4) is 5.75 Å². The fraction of sp³-hybridized carbons (Fsp3) is 0.462. The second-order valence-electron chi connectivity index (χ2n) is 9.54. The number of phenolic OH excluding ortho intramolecular Hbond substituents is 1. The quantitative estimate of drug-likeness (QED) is 0.700. The molecule has 2 heterocycles. The highest BCUT2D eigenvalue weighted by molar-refractivity contribution is 7.89. The van der Waals surface area contributed by atoms with Crippen LogP contribution in [0.5, 0.6) is 5.75 Å². The minimum Gasteiger partial charge on any atom is -0.507 e. The molecule has 0 aromatic heterocycles. The van der Waals surface area contributed by atoms with Crippen molar-refractivity contribution in [3.63, 3.8) is 0 Å². The van der Waals surface area contributed by atoms with E-state index in [2.05, 4.69) is 0 Å². The molecule has 5 rings (SSSR count). The Balaban J connectivity index is 1.25.